The number of carbonyl (C=O) groups is 3. The number of urea groups is 1. The van der Waals surface area contributed by atoms with Crippen LogP contribution in [0.25, 0.3) is 0 Å². The van der Waals surface area contributed by atoms with Crippen molar-refractivity contribution < 1.29 is 19.5 Å². The number of anilines is 1. The summed E-state index contributed by atoms with van der Waals surface area (Å²) in [4.78, 5) is 37.1. The molecule has 0 aliphatic carbocycles. The van der Waals surface area contributed by atoms with Gasteiger partial charge in [-0.1, -0.05) is 25.8 Å². The number of rotatable bonds is 7. The van der Waals surface area contributed by atoms with Crippen LogP contribution in [-0.4, -0.2) is 42.1 Å². The van der Waals surface area contributed by atoms with E-state index in [-0.39, 0.29) is 6.03 Å². The number of nitrogens with one attached hydrogen (secondary N) is 2. The van der Waals surface area contributed by atoms with E-state index < -0.39 is 17.9 Å². The first-order valence-electron chi connectivity index (χ1n) is 8.22. The van der Waals surface area contributed by atoms with Crippen LogP contribution in [0.3, 0.4) is 0 Å². The highest BCUT2D eigenvalue weighted by molar-refractivity contribution is 5.99. The van der Waals surface area contributed by atoms with Gasteiger partial charge in [-0.15, -0.1) is 0 Å². The van der Waals surface area contributed by atoms with Crippen LogP contribution in [0, 0.1) is 0 Å². The molecule has 0 aromatic heterocycles. The van der Waals surface area contributed by atoms with E-state index in [1.807, 2.05) is 6.92 Å². The molecule has 1 heterocycles. The average Bonchev–Trinajstić information content (AvgIpc) is 2.58. The number of aliphatic carboxylic acids is 1. The Balaban J connectivity index is 2.10. The summed E-state index contributed by atoms with van der Waals surface area (Å²) < 4.78 is 0. The lowest BCUT2D eigenvalue weighted by atomic mass is 10.1. The number of carbonyl (C=O) groups excluding carboxylic acids is 2. The summed E-state index contributed by atoms with van der Waals surface area (Å²) >= 11 is 0. The number of unbranched alkanes of at least 4 members (excludes halogenated alkanes) is 1. The third-order valence-corrected chi connectivity index (χ3v) is 3.95. The third-order valence-electron chi connectivity index (χ3n) is 3.95. The molecule has 3 N–H and O–H groups in total. The van der Waals surface area contributed by atoms with E-state index in [0.717, 1.165) is 19.3 Å². The van der Waals surface area contributed by atoms with E-state index in [1.165, 1.54) is 0 Å². The molecule has 2 rings (SSSR count). The second kappa shape index (κ2) is 8.33. The van der Waals surface area contributed by atoms with Gasteiger partial charge in [0.15, 0.2) is 0 Å². The summed E-state index contributed by atoms with van der Waals surface area (Å²) in [5.41, 5.74) is 0.967. The molecule has 24 heavy (non-hydrogen) atoms. The number of carboxylic acids is 1. The summed E-state index contributed by atoms with van der Waals surface area (Å²) in [7, 11) is 0. The molecular formula is C17H23N3O4. The standard InChI is InChI=1S/C17H23N3O4/c1-2-3-8-14(16(22)23)19-15(21)12-6-4-7-13(11-12)20-10-5-9-18-17(20)24/h4,6-7,11,14H,2-3,5,8-10H2,1H3,(H,18,24)(H,19,21)(H,22,23). The fourth-order valence-corrected chi connectivity index (χ4v) is 2.60. The van der Waals surface area contributed by atoms with Crippen LogP contribution in [0.2, 0.25) is 0 Å². The third kappa shape index (κ3) is 4.47. The minimum absolute atomic E-state index is 0.190. The molecule has 1 fully saturated rings. The molecule has 0 saturated carbocycles. The first kappa shape index (κ1) is 17.8. The van der Waals surface area contributed by atoms with E-state index in [4.69, 9.17) is 0 Å². The van der Waals surface area contributed by atoms with Gasteiger partial charge in [0.25, 0.3) is 5.91 Å². The smallest absolute Gasteiger partial charge is 0.326 e. The van der Waals surface area contributed by atoms with Crippen molar-refractivity contribution in [2.75, 3.05) is 18.0 Å². The van der Waals surface area contributed by atoms with Crippen molar-refractivity contribution in [2.45, 2.75) is 38.6 Å². The number of benzene rings is 1. The van der Waals surface area contributed by atoms with Gasteiger partial charge in [0, 0.05) is 24.3 Å². The van der Waals surface area contributed by atoms with Gasteiger partial charge in [-0.2, -0.15) is 0 Å². The number of hydrogen-bond acceptors (Lipinski definition) is 3. The monoisotopic (exact) mass is 333 g/mol. The predicted octanol–water partition coefficient (Wildman–Crippen LogP) is 1.98. The van der Waals surface area contributed by atoms with E-state index in [9.17, 15) is 19.5 Å². The summed E-state index contributed by atoms with van der Waals surface area (Å²) in [6.07, 6.45) is 2.82. The fourth-order valence-electron chi connectivity index (χ4n) is 2.60. The Bertz CT molecular complexity index is 618. The summed E-state index contributed by atoms with van der Waals surface area (Å²) in [6, 6.07) is 5.57. The van der Waals surface area contributed by atoms with Gasteiger partial charge in [-0.25, -0.2) is 9.59 Å². The first-order chi connectivity index (χ1) is 11.5. The maximum Gasteiger partial charge on any atom is 0.326 e. The lowest BCUT2D eigenvalue weighted by molar-refractivity contribution is -0.139. The number of nitrogens with zero attached hydrogens (tertiary/aromatic N) is 1. The van der Waals surface area contributed by atoms with Crippen LogP contribution < -0.4 is 15.5 Å². The molecule has 0 bridgehead atoms. The quantitative estimate of drug-likeness (QED) is 0.710. The summed E-state index contributed by atoms with van der Waals surface area (Å²) in [5.74, 6) is -1.49. The second-order valence-corrected chi connectivity index (χ2v) is 5.79. The average molecular weight is 333 g/mol. The van der Waals surface area contributed by atoms with Gasteiger partial charge in [0.05, 0.1) is 0 Å². The molecule has 7 heteroatoms. The molecule has 7 nitrogen and oxygen atoms in total. The van der Waals surface area contributed by atoms with Crippen molar-refractivity contribution in [3.05, 3.63) is 29.8 Å². The van der Waals surface area contributed by atoms with Crippen molar-refractivity contribution in [3.8, 4) is 0 Å². The molecule has 0 radical (unpaired) electrons. The Morgan fingerprint density at radius 1 is 1.42 bits per heavy atom. The van der Waals surface area contributed by atoms with Gasteiger partial charge < -0.3 is 15.7 Å². The van der Waals surface area contributed by atoms with E-state index >= 15 is 0 Å². The second-order valence-electron chi connectivity index (χ2n) is 5.79. The largest absolute Gasteiger partial charge is 0.480 e. The lowest BCUT2D eigenvalue weighted by Gasteiger charge is -2.27. The van der Waals surface area contributed by atoms with Crippen molar-refractivity contribution in [1.82, 2.24) is 10.6 Å². The highest BCUT2D eigenvalue weighted by Gasteiger charge is 2.22. The van der Waals surface area contributed by atoms with Crippen LogP contribution in [0.5, 0.6) is 0 Å². The van der Waals surface area contributed by atoms with Crippen LogP contribution >= 0.6 is 0 Å². The van der Waals surface area contributed by atoms with Gasteiger partial charge in [-0.3, -0.25) is 9.69 Å². The minimum atomic E-state index is -1.04. The SMILES string of the molecule is CCCCC(NC(=O)c1cccc(N2CCCNC2=O)c1)C(=O)O. The van der Waals surface area contributed by atoms with Crippen molar-refractivity contribution in [1.29, 1.82) is 0 Å². The fraction of sp³-hybridized carbons (Fsp3) is 0.471. The molecule has 1 aromatic carbocycles. The molecule has 0 spiro atoms. The van der Waals surface area contributed by atoms with Gasteiger partial charge in [0.1, 0.15) is 6.04 Å². The molecular weight excluding hydrogens is 310 g/mol. The minimum Gasteiger partial charge on any atom is -0.480 e. The zero-order valence-electron chi connectivity index (χ0n) is 13.7. The van der Waals surface area contributed by atoms with E-state index in [2.05, 4.69) is 10.6 Å². The normalized spacial score (nSPS) is 15.5. The number of hydrogen-bond donors (Lipinski definition) is 3. The molecule has 1 unspecified atom stereocenters. The Labute approximate surface area is 141 Å². The first-order valence-corrected chi connectivity index (χ1v) is 8.22. The molecule has 1 aliphatic heterocycles. The molecule has 1 saturated heterocycles. The number of carboxylic acid groups (broad SMARTS) is 1. The van der Waals surface area contributed by atoms with Crippen molar-refractivity contribution in [2.24, 2.45) is 0 Å². The van der Waals surface area contributed by atoms with E-state index in [0.29, 0.717) is 30.8 Å². The van der Waals surface area contributed by atoms with Gasteiger partial charge in [-0.05, 0) is 31.0 Å². The Morgan fingerprint density at radius 3 is 2.88 bits per heavy atom. The molecule has 1 atom stereocenters. The number of amides is 3. The van der Waals surface area contributed by atoms with E-state index in [1.54, 1.807) is 29.2 Å². The predicted molar refractivity (Wildman–Crippen MR) is 90.2 cm³/mol. The molecule has 1 aromatic rings. The maximum atomic E-state index is 12.3. The van der Waals surface area contributed by atoms with Crippen molar-refractivity contribution >= 4 is 23.6 Å². The Hall–Kier alpha value is -2.57. The van der Waals surface area contributed by atoms with Crippen LogP contribution in [0.4, 0.5) is 10.5 Å². The highest BCUT2D eigenvalue weighted by atomic mass is 16.4. The zero-order valence-corrected chi connectivity index (χ0v) is 13.7. The van der Waals surface area contributed by atoms with Gasteiger partial charge >= 0.3 is 12.0 Å². The van der Waals surface area contributed by atoms with Crippen molar-refractivity contribution in [3.63, 3.8) is 0 Å². The van der Waals surface area contributed by atoms with Crippen LogP contribution in [0.1, 0.15) is 43.0 Å². The summed E-state index contributed by atoms with van der Waals surface area (Å²) in [5, 5.41) is 14.5. The lowest BCUT2D eigenvalue weighted by Crippen LogP contribution is -2.46. The zero-order chi connectivity index (χ0) is 17.5. The highest BCUT2D eigenvalue weighted by Crippen LogP contribution is 2.18. The Morgan fingerprint density at radius 2 is 2.21 bits per heavy atom. The van der Waals surface area contributed by atoms with Crippen LogP contribution in [-0.2, 0) is 4.79 Å². The molecule has 1 aliphatic rings. The summed E-state index contributed by atoms with van der Waals surface area (Å²) in [6.45, 7) is 3.20. The molecule has 3 amide bonds. The van der Waals surface area contributed by atoms with Crippen LogP contribution in [0.15, 0.2) is 24.3 Å². The Kier molecular flexibility index (Phi) is 6.17. The molecule has 130 valence electrons. The maximum absolute atomic E-state index is 12.3. The topological polar surface area (TPSA) is 98.7 Å². The van der Waals surface area contributed by atoms with Gasteiger partial charge in [0.2, 0.25) is 0 Å².